The van der Waals surface area contributed by atoms with Crippen LogP contribution in [0.3, 0.4) is 0 Å². The number of carbonyl (C=O) groups is 1. The molecule has 1 aromatic heterocycles. The van der Waals surface area contributed by atoms with E-state index >= 15 is 0 Å². The predicted molar refractivity (Wildman–Crippen MR) is 105 cm³/mol. The van der Waals surface area contributed by atoms with E-state index in [4.69, 9.17) is 5.11 Å². The van der Waals surface area contributed by atoms with E-state index in [1.807, 2.05) is 61.5 Å². The molecular formula is C20H20N2O2S. The molecule has 25 heavy (non-hydrogen) atoms. The van der Waals surface area contributed by atoms with Crippen LogP contribution < -0.4 is 4.90 Å². The van der Waals surface area contributed by atoms with Gasteiger partial charge in [0, 0.05) is 26.2 Å². The number of thiazole rings is 1. The number of carboxylic acids is 1. The first-order valence-corrected chi connectivity index (χ1v) is 8.90. The Balaban J connectivity index is 1.96. The molecular weight excluding hydrogens is 332 g/mol. The van der Waals surface area contributed by atoms with Gasteiger partial charge in [-0.15, -0.1) is 11.3 Å². The van der Waals surface area contributed by atoms with Gasteiger partial charge < -0.3 is 10.0 Å². The highest BCUT2D eigenvalue weighted by molar-refractivity contribution is 7.19. The lowest BCUT2D eigenvalue weighted by Crippen LogP contribution is -2.07. The van der Waals surface area contributed by atoms with Crippen molar-refractivity contribution in [1.29, 1.82) is 0 Å². The average Bonchev–Trinajstić information content (AvgIpc) is 3.02. The van der Waals surface area contributed by atoms with E-state index in [-0.39, 0.29) is 6.42 Å². The smallest absolute Gasteiger partial charge is 0.303 e. The van der Waals surface area contributed by atoms with Gasteiger partial charge in [0.1, 0.15) is 5.01 Å². The van der Waals surface area contributed by atoms with Gasteiger partial charge in [0.05, 0.1) is 10.2 Å². The summed E-state index contributed by atoms with van der Waals surface area (Å²) >= 11 is 1.60. The molecule has 0 aliphatic carbocycles. The maximum Gasteiger partial charge on any atom is 0.303 e. The summed E-state index contributed by atoms with van der Waals surface area (Å²) in [7, 11) is 4.01. The highest BCUT2D eigenvalue weighted by atomic mass is 32.1. The molecule has 0 fully saturated rings. The van der Waals surface area contributed by atoms with Crippen molar-refractivity contribution in [3.05, 3.63) is 59.1 Å². The molecule has 0 saturated carbocycles. The largest absolute Gasteiger partial charge is 0.481 e. The summed E-state index contributed by atoms with van der Waals surface area (Å²) in [5, 5.41) is 9.95. The van der Waals surface area contributed by atoms with Gasteiger partial charge >= 0.3 is 5.97 Å². The van der Waals surface area contributed by atoms with Gasteiger partial charge in [-0.2, -0.15) is 0 Å². The number of hydrogen-bond donors (Lipinski definition) is 1. The number of carboxylic acid groups (broad SMARTS) is 1. The van der Waals surface area contributed by atoms with Crippen molar-refractivity contribution in [2.24, 2.45) is 0 Å². The van der Waals surface area contributed by atoms with Crippen molar-refractivity contribution < 1.29 is 9.90 Å². The van der Waals surface area contributed by atoms with Gasteiger partial charge in [-0.1, -0.05) is 24.3 Å². The van der Waals surface area contributed by atoms with E-state index < -0.39 is 5.97 Å². The minimum Gasteiger partial charge on any atom is -0.481 e. The van der Waals surface area contributed by atoms with Crippen LogP contribution in [0.2, 0.25) is 0 Å². The summed E-state index contributed by atoms with van der Waals surface area (Å²) in [6.07, 6.45) is 2.60. The minimum atomic E-state index is -0.796. The molecule has 0 spiro atoms. The first kappa shape index (κ1) is 17.2. The van der Waals surface area contributed by atoms with Gasteiger partial charge in [0.25, 0.3) is 0 Å². The second kappa shape index (κ2) is 7.49. The fourth-order valence-corrected chi connectivity index (χ4v) is 3.57. The Labute approximate surface area is 151 Å². The third-order valence-electron chi connectivity index (χ3n) is 3.93. The van der Waals surface area contributed by atoms with E-state index in [0.29, 0.717) is 6.42 Å². The normalized spacial score (nSPS) is 11.7. The number of nitrogens with zero attached hydrogens (tertiary/aromatic N) is 2. The summed E-state index contributed by atoms with van der Waals surface area (Å²) in [5.41, 5.74) is 4.09. The minimum absolute atomic E-state index is 0.0948. The molecule has 2 aromatic carbocycles. The Morgan fingerprint density at radius 1 is 1.12 bits per heavy atom. The second-order valence-electron chi connectivity index (χ2n) is 6.04. The second-order valence-corrected chi connectivity index (χ2v) is 7.07. The average molecular weight is 352 g/mol. The van der Waals surface area contributed by atoms with Crippen LogP contribution in [0.1, 0.15) is 23.4 Å². The van der Waals surface area contributed by atoms with E-state index in [1.165, 1.54) is 0 Å². The molecule has 0 amide bonds. The molecule has 4 nitrogen and oxygen atoms in total. The van der Waals surface area contributed by atoms with E-state index in [0.717, 1.165) is 32.0 Å². The van der Waals surface area contributed by atoms with Crippen LogP contribution >= 0.6 is 11.3 Å². The van der Waals surface area contributed by atoms with Gasteiger partial charge in [-0.05, 0) is 47.9 Å². The SMILES string of the molecule is CN(C)c1ccc(/C=C(/CCC(=O)O)c2nc3ccccc3s2)cc1. The highest BCUT2D eigenvalue weighted by Gasteiger charge is 2.11. The lowest BCUT2D eigenvalue weighted by atomic mass is 10.1. The highest BCUT2D eigenvalue weighted by Crippen LogP contribution is 2.31. The van der Waals surface area contributed by atoms with Crippen LogP contribution in [0.5, 0.6) is 0 Å². The van der Waals surface area contributed by atoms with Crippen LogP contribution in [0.15, 0.2) is 48.5 Å². The molecule has 0 radical (unpaired) electrons. The Bertz CT molecular complexity index is 878. The number of benzene rings is 2. The number of para-hydroxylation sites is 1. The Hall–Kier alpha value is -2.66. The molecule has 1 N–H and O–H groups in total. The number of aliphatic carboxylic acids is 1. The van der Waals surface area contributed by atoms with Gasteiger partial charge in [-0.3, -0.25) is 4.79 Å². The lowest BCUT2D eigenvalue weighted by Gasteiger charge is -2.12. The van der Waals surface area contributed by atoms with E-state index in [1.54, 1.807) is 11.3 Å². The van der Waals surface area contributed by atoms with Crippen molar-refractivity contribution in [1.82, 2.24) is 4.98 Å². The molecule has 0 saturated heterocycles. The predicted octanol–water partition coefficient (Wildman–Crippen LogP) is 4.77. The molecule has 0 aliphatic heterocycles. The number of allylic oxidation sites excluding steroid dienone is 1. The van der Waals surface area contributed by atoms with Crippen molar-refractivity contribution in [2.75, 3.05) is 19.0 Å². The van der Waals surface area contributed by atoms with Crippen LogP contribution in [-0.4, -0.2) is 30.2 Å². The number of anilines is 1. The van der Waals surface area contributed by atoms with Crippen molar-refractivity contribution in [3.8, 4) is 0 Å². The van der Waals surface area contributed by atoms with Gasteiger partial charge in [-0.25, -0.2) is 4.98 Å². The standard InChI is InChI=1S/C20H20N2O2S/c1-22(2)16-10-7-14(8-11-16)13-15(9-12-19(23)24)20-21-17-5-3-4-6-18(17)25-20/h3-8,10-11,13H,9,12H2,1-2H3,(H,23,24)/b15-13-. The maximum atomic E-state index is 11.0. The zero-order chi connectivity index (χ0) is 17.8. The zero-order valence-electron chi connectivity index (χ0n) is 14.3. The lowest BCUT2D eigenvalue weighted by molar-refractivity contribution is -0.136. The van der Waals surface area contributed by atoms with Crippen LogP contribution in [0.25, 0.3) is 21.9 Å². The molecule has 3 rings (SSSR count). The number of aromatic nitrogens is 1. The quantitative estimate of drug-likeness (QED) is 0.694. The van der Waals surface area contributed by atoms with E-state index in [9.17, 15) is 4.79 Å². The molecule has 0 bridgehead atoms. The van der Waals surface area contributed by atoms with Crippen LogP contribution in [0, 0.1) is 0 Å². The number of fused-ring (bicyclic) bond motifs is 1. The summed E-state index contributed by atoms with van der Waals surface area (Å²) in [4.78, 5) is 17.8. The third-order valence-corrected chi connectivity index (χ3v) is 5.04. The molecule has 1 heterocycles. The first-order chi connectivity index (χ1) is 12.0. The first-order valence-electron chi connectivity index (χ1n) is 8.08. The van der Waals surface area contributed by atoms with Crippen LogP contribution in [0.4, 0.5) is 5.69 Å². The summed E-state index contributed by atoms with van der Waals surface area (Å²) in [5.74, 6) is -0.796. The maximum absolute atomic E-state index is 11.0. The third kappa shape index (κ3) is 4.25. The fourth-order valence-electron chi connectivity index (χ4n) is 2.56. The molecule has 128 valence electrons. The van der Waals surface area contributed by atoms with Gasteiger partial charge in [0.2, 0.25) is 0 Å². The molecule has 5 heteroatoms. The Morgan fingerprint density at radius 2 is 1.84 bits per heavy atom. The van der Waals surface area contributed by atoms with Gasteiger partial charge in [0.15, 0.2) is 0 Å². The molecule has 0 aliphatic rings. The van der Waals surface area contributed by atoms with Crippen molar-refractivity contribution >= 4 is 44.9 Å². The number of rotatable bonds is 6. The molecule has 0 unspecified atom stereocenters. The fraction of sp³-hybridized carbons (Fsp3) is 0.200. The van der Waals surface area contributed by atoms with Crippen LogP contribution in [-0.2, 0) is 4.79 Å². The zero-order valence-corrected chi connectivity index (χ0v) is 15.1. The summed E-state index contributed by atoms with van der Waals surface area (Å²) in [6.45, 7) is 0. The number of hydrogen-bond acceptors (Lipinski definition) is 4. The van der Waals surface area contributed by atoms with Crippen molar-refractivity contribution in [3.63, 3.8) is 0 Å². The molecule has 3 aromatic rings. The Morgan fingerprint density at radius 3 is 2.48 bits per heavy atom. The monoisotopic (exact) mass is 352 g/mol. The Kier molecular flexibility index (Phi) is 5.14. The van der Waals surface area contributed by atoms with E-state index in [2.05, 4.69) is 17.1 Å². The molecule has 0 atom stereocenters. The topological polar surface area (TPSA) is 53.4 Å². The summed E-state index contributed by atoms with van der Waals surface area (Å²) in [6, 6.07) is 16.2. The summed E-state index contributed by atoms with van der Waals surface area (Å²) < 4.78 is 1.11. The van der Waals surface area contributed by atoms with Crippen molar-refractivity contribution in [2.45, 2.75) is 12.8 Å².